The number of hydrogen-bond acceptors (Lipinski definition) is 5. The van der Waals surface area contributed by atoms with Crippen molar-refractivity contribution < 1.29 is 19.4 Å². The number of benzene rings is 4. The van der Waals surface area contributed by atoms with Gasteiger partial charge in [0.2, 0.25) is 0 Å². The van der Waals surface area contributed by atoms with Gasteiger partial charge in [-0.3, -0.25) is 0 Å². The molecule has 0 saturated carbocycles. The number of rotatable bonds is 9. The molecule has 4 aromatic rings. The van der Waals surface area contributed by atoms with Crippen LogP contribution in [-0.4, -0.2) is 25.3 Å². The number of hydrogen-bond donors (Lipinski definition) is 1. The van der Waals surface area contributed by atoms with Gasteiger partial charge in [-0.1, -0.05) is 90.1 Å². The zero-order valence-electron chi connectivity index (χ0n) is 27.9. The molecule has 0 aromatic heterocycles. The zero-order chi connectivity index (χ0) is 33.6. The second kappa shape index (κ2) is 13.8. The zero-order valence-corrected chi connectivity index (χ0v) is 27.9. The average Bonchev–Trinajstić information content (AvgIpc) is 3.02. The van der Waals surface area contributed by atoms with Crippen molar-refractivity contribution in [2.24, 2.45) is 0 Å². The van der Waals surface area contributed by atoms with Gasteiger partial charge in [0.25, 0.3) is 0 Å². The Kier molecular flexibility index (Phi) is 10.1. The molecule has 0 radical (unpaired) electrons. The van der Waals surface area contributed by atoms with Crippen LogP contribution in [0.1, 0.15) is 69.4 Å². The van der Waals surface area contributed by atoms with Gasteiger partial charge in [-0.25, -0.2) is 4.79 Å². The maximum absolute atomic E-state index is 11.4. The molecule has 236 valence electrons. The number of carboxylic acids is 1. The number of carboxylic acid groups (broad SMARTS) is 1. The van der Waals surface area contributed by atoms with E-state index < -0.39 is 11.5 Å². The molecule has 1 N–H and O–H groups in total. The third-order valence-corrected chi connectivity index (χ3v) is 7.82. The molecule has 0 aliphatic rings. The molecule has 46 heavy (non-hydrogen) atoms. The van der Waals surface area contributed by atoms with Crippen LogP contribution in [0.3, 0.4) is 0 Å². The SMILES string of the molecule is COc1cc(/C=C/c2ccc(N(c3ccc(C(C)(C)C)cc3)c3ccc(C(C)(C)C)cc3)cc2)c(OC)cc1/C=C(/C#N)C(=O)O. The third kappa shape index (κ3) is 7.86. The standard InChI is InChI=1S/C40H42N2O4/c1-39(2,3)31-13-19-34(20-14-31)42(35-21-15-32(16-22-35)40(4,5)6)33-17-10-27(11-18-33)9-12-28-24-37(46-8)29(25-36(28)45-7)23-30(26-41)38(43)44/h9-25H,1-8H3,(H,43,44)/b12-9+,30-23-. The minimum Gasteiger partial charge on any atom is -0.496 e. The van der Waals surface area contributed by atoms with Gasteiger partial charge in [0.05, 0.1) is 14.2 Å². The van der Waals surface area contributed by atoms with Crippen LogP contribution in [0, 0.1) is 11.3 Å². The summed E-state index contributed by atoms with van der Waals surface area (Å²) in [7, 11) is 3.04. The first-order valence-corrected chi connectivity index (χ1v) is 15.2. The number of ether oxygens (including phenoxy) is 2. The maximum Gasteiger partial charge on any atom is 0.346 e. The third-order valence-electron chi connectivity index (χ3n) is 7.82. The van der Waals surface area contributed by atoms with E-state index in [1.807, 2.05) is 12.2 Å². The van der Waals surface area contributed by atoms with Crippen LogP contribution in [0.15, 0.2) is 90.5 Å². The van der Waals surface area contributed by atoms with Crippen LogP contribution in [-0.2, 0) is 15.6 Å². The van der Waals surface area contributed by atoms with Crippen LogP contribution >= 0.6 is 0 Å². The quantitative estimate of drug-likeness (QED) is 0.115. The van der Waals surface area contributed by atoms with Crippen molar-refractivity contribution in [3.05, 3.63) is 118 Å². The van der Waals surface area contributed by atoms with Gasteiger partial charge in [-0.2, -0.15) is 5.26 Å². The van der Waals surface area contributed by atoms with E-state index in [1.165, 1.54) is 24.3 Å². The molecule has 0 heterocycles. The lowest BCUT2D eigenvalue weighted by atomic mass is 9.86. The monoisotopic (exact) mass is 614 g/mol. The second-order valence-electron chi connectivity index (χ2n) is 13.2. The fourth-order valence-corrected chi connectivity index (χ4v) is 5.07. The summed E-state index contributed by atoms with van der Waals surface area (Å²) in [6.45, 7) is 13.3. The highest BCUT2D eigenvalue weighted by molar-refractivity contribution is 5.97. The largest absolute Gasteiger partial charge is 0.496 e. The Morgan fingerprint density at radius 1 is 0.696 bits per heavy atom. The van der Waals surface area contributed by atoms with Crippen molar-refractivity contribution in [1.82, 2.24) is 0 Å². The Morgan fingerprint density at radius 2 is 1.11 bits per heavy atom. The summed E-state index contributed by atoms with van der Waals surface area (Å²) >= 11 is 0. The summed E-state index contributed by atoms with van der Waals surface area (Å²) in [5.74, 6) is -0.361. The van der Waals surface area contributed by atoms with E-state index in [2.05, 4.69) is 119 Å². The van der Waals surface area contributed by atoms with Crippen molar-refractivity contribution in [1.29, 1.82) is 5.26 Å². The van der Waals surface area contributed by atoms with Gasteiger partial charge >= 0.3 is 5.97 Å². The van der Waals surface area contributed by atoms with Crippen LogP contribution in [0.2, 0.25) is 0 Å². The van der Waals surface area contributed by atoms with E-state index in [-0.39, 0.29) is 10.8 Å². The summed E-state index contributed by atoms with van der Waals surface area (Å²) < 4.78 is 11.1. The second-order valence-corrected chi connectivity index (χ2v) is 13.2. The topological polar surface area (TPSA) is 82.8 Å². The van der Waals surface area contributed by atoms with Gasteiger partial charge in [0.1, 0.15) is 23.1 Å². The Morgan fingerprint density at radius 3 is 1.50 bits per heavy atom. The van der Waals surface area contributed by atoms with E-state index in [9.17, 15) is 15.2 Å². The van der Waals surface area contributed by atoms with Gasteiger partial charge in [-0.15, -0.1) is 0 Å². The van der Waals surface area contributed by atoms with Crippen molar-refractivity contribution in [2.45, 2.75) is 52.4 Å². The number of nitrogens with zero attached hydrogens (tertiary/aromatic N) is 2. The molecule has 0 amide bonds. The average molecular weight is 615 g/mol. The van der Waals surface area contributed by atoms with Gasteiger partial charge in [0, 0.05) is 28.2 Å². The minimum atomic E-state index is -1.31. The Labute approximate surface area is 272 Å². The van der Waals surface area contributed by atoms with E-state index in [1.54, 1.807) is 25.3 Å². The predicted molar refractivity (Wildman–Crippen MR) is 188 cm³/mol. The maximum atomic E-state index is 11.4. The first-order valence-electron chi connectivity index (χ1n) is 15.2. The number of nitriles is 1. The van der Waals surface area contributed by atoms with Crippen molar-refractivity contribution in [3.63, 3.8) is 0 Å². The Bertz CT molecular complexity index is 1720. The first kappa shape index (κ1) is 33.6. The lowest BCUT2D eigenvalue weighted by molar-refractivity contribution is -0.132. The molecule has 0 aliphatic carbocycles. The normalized spacial score (nSPS) is 12.1. The number of carbonyl (C=O) groups is 1. The van der Waals surface area contributed by atoms with Gasteiger partial charge < -0.3 is 19.5 Å². The fourth-order valence-electron chi connectivity index (χ4n) is 5.07. The first-order chi connectivity index (χ1) is 21.7. The summed E-state index contributed by atoms with van der Waals surface area (Å²) in [6, 6.07) is 31.0. The van der Waals surface area contributed by atoms with E-state index in [4.69, 9.17) is 9.47 Å². The van der Waals surface area contributed by atoms with Crippen molar-refractivity contribution in [3.8, 4) is 17.6 Å². The highest BCUT2D eigenvalue weighted by Gasteiger charge is 2.18. The van der Waals surface area contributed by atoms with Crippen molar-refractivity contribution in [2.75, 3.05) is 19.1 Å². The Hall–Kier alpha value is -5.28. The fraction of sp³-hybridized carbons (Fsp3) is 0.250. The smallest absolute Gasteiger partial charge is 0.346 e. The minimum absolute atomic E-state index is 0.0630. The lowest BCUT2D eigenvalue weighted by Gasteiger charge is -2.28. The predicted octanol–water partition coefficient (Wildman–Crippen LogP) is 9.93. The van der Waals surface area contributed by atoms with Crippen LogP contribution in [0.5, 0.6) is 11.5 Å². The summed E-state index contributed by atoms with van der Waals surface area (Å²) in [4.78, 5) is 13.6. The van der Waals surface area contributed by atoms with Crippen molar-refractivity contribution >= 4 is 41.3 Å². The van der Waals surface area contributed by atoms with Gasteiger partial charge in [-0.05, 0) is 82.1 Å². The summed E-state index contributed by atoms with van der Waals surface area (Å²) in [6.07, 6.45) is 5.17. The summed E-state index contributed by atoms with van der Waals surface area (Å²) in [5.41, 5.74) is 7.64. The highest BCUT2D eigenvalue weighted by atomic mass is 16.5. The molecular weight excluding hydrogens is 572 g/mol. The molecule has 0 unspecified atom stereocenters. The molecule has 0 spiro atoms. The molecule has 6 nitrogen and oxygen atoms in total. The van der Waals surface area contributed by atoms with Gasteiger partial charge in [0.15, 0.2) is 0 Å². The number of methoxy groups -OCH3 is 2. The molecule has 0 atom stereocenters. The summed E-state index contributed by atoms with van der Waals surface area (Å²) in [5, 5.41) is 18.5. The van der Waals surface area contributed by atoms with Crippen LogP contribution in [0.4, 0.5) is 17.1 Å². The van der Waals surface area contributed by atoms with E-state index >= 15 is 0 Å². The number of anilines is 3. The number of aliphatic carboxylic acids is 1. The Balaban J connectivity index is 1.69. The molecule has 4 rings (SSSR count). The van der Waals surface area contributed by atoms with Crippen LogP contribution in [0.25, 0.3) is 18.2 Å². The molecule has 6 heteroatoms. The highest BCUT2D eigenvalue weighted by Crippen LogP contribution is 2.37. The molecular formula is C40H42N2O4. The lowest BCUT2D eigenvalue weighted by Crippen LogP contribution is -2.14. The molecule has 4 aromatic carbocycles. The van der Waals surface area contributed by atoms with E-state index in [0.717, 1.165) is 28.2 Å². The van der Waals surface area contributed by atoms with E-state index in [0.29, 0.717) is 17.1 Å². The molecule has 0 saturated heterocycles. The molecule has 0 fully saturated rings. The van der Waals surface area contributed by atoms with Crippen LogP contribution < -0.4 is 14.4 Å². The molecule has 0 aliphatic heterocycles. The molecule has 0 bridgehead atoms.